The molecule has 7 heteroatoms. The number of nitrogens with zero attached hydrogens (tertiary/aromatic N) is 3. The van der Waals surface area contributed by atoms with Crippen LogP contribution in [0.3, 0.4) is 0 Å². The van der Waals surface area contributed by atoms with Gasteiger partial charge in [0, 0.05) is 6.20 Å². The highest BCUT2D eigenvalue weighted by Crippen LogP contribution is 2.08. The molecule has 2 rings (SSSR count). The molecule has 2 heterocycles. The Morgan fingerprint density at radius 1 is 1.17 bits per heavy atom. The van der Waals surface area contributed by atoms with E-state index in [9.17, 15) is 14.4 Å². The van der Waals surface area contributed by atoms with Gasteiger partial charge in [-0.25, -0.2) is 28.1 Å². The Kier molecular flexibility index (Phi) is 3.15. The molecule has 1 saturated heterocycles. The Bertz CT molecular complexity index is 660. The van der Waals surface area contributed by atoms with Crippen molar-refractivity contribution in [3.8, 4) is 0 Å². The zero-order chi connectivity index (χ0) is 13.3. The molecule has 0 aliphatic carbocycles. The van der Waals surface area contributed by atoms with E-state index in [-0.39, 0.29) is 19.2 Å². The van der Waals surface area contributed by atoms with E-state index in [4.69, 9.17) is 4.74 Å². The lowest BCUT2D eigenvalue weighted by molar-refractivity contribution is 0.367. The predicted octanol–water partition coefficient (Wildman–Crippen LogP) is -1.14. The van der Waals surface area contributed by atoms with Gasteiger partial charge in [-0.05, 0) is 0 Å². The summed E-state index contributed by atoms with van der Waals surface area (Å²) in [5, 5.41) is 0. The minimum Gasteiger partial charge on any atom is -0.371 e. The lowest BCUT2D eigenvalue weighted by Crippen LogP contribution is -2.53. The summed E-state index contributed by atoms with van der Waals surface area (Å²) in [6.07, 6.45) is 2.37. The first kappa shape index (κ1) is 12.3. The largest absolute Gasteiger partial charge is 0.371 e. The molecule has 96 valence electrons. The standard InChI is InChI=1S/C11H13N3O4/c1-3-5-13-9(15)12(4-2)10(16)14(11(13)17)6-8-7-18-8/h3-4,8H,1-2,5-7H2. The Labute approximate surface area is 102 Å². The van der Waals surface area contributed by atoms with Crippen molar-refractivity contribution in [3.63, 3.8) is 0 Å². The Morgan fingerprint density at radius 3 is 2.28 bits per heavy atom. The first-order chi connectivity index (χ1) is 8.60. The molecular weight excluding hydrogens is 238 g/mol. The van der Waals surface area contributed by atoms with Crippen molar-refractivity contribution < 1.29 is 4.74 Å². The second kappa shape index (κ2) is 4.61. The predicted molar refractivity (Wildman–Crippen MR) is 65.5 cm³/mol. The van der Waals surface area contributed by atoms with Gasteiger partial charge in [0.05, 0.1) is 25.8 Å². The molecule has 0 saturated carbocycles. The SMILES string of the molecule is C=CCn1c(=O)n(C=C)c(=O)n(CC2CO2)c1=O. The fraction of sp³-hybridized carbons (Fsp3) is 0.364. The molecular formula is C11H13N3O4. The van der Waals surface area contributed by atoms with E-state index < -0.39 is 17.1 Å². The van der Waals surface area contributed by atoms with Gasteiger partial charge in [0.25, 0.3) is 0 Å². The number of hydrogen-bond donors (Lipinski definition) is 0. The van der Waals surface area contributed by atoms with E-state index in [1.807, 2.05) is 0 Å². The van der Waals surface area contributed by atoms with E-state index in [1.165, 1.54) is 6.08 Å². The van der Waals surface area contributed by atoms with Gasteiger partial charge in [0.1, 0.15) is 0 Å². The summed E-state index contributed by atoms with van der Waals surface area (Å²) in [6, 6.07) is 0. The van der Waals surface area contributed by atoms with Crippen LogP contribution >= 0.6 is 0 Å². The molecule has 1 aliphatic heterocycles. The van der Waals surface area contributed by atoms with Crippen molar-refractivity contribution in [2.75, 3.05) is 6.61 Å². The Morgan fingerprint density at radius 2 is 1.78 bits per heavy atom. The van der Waals surface area contributed by atoms with Gasteiger partial charge in [0.2, 0.25) is 0 Å². The maximum Gasteiger partial charge on any atom is 0.340 e. The quantitative estimate of drug-likeness (QED) is 0.489. The topological polar surface area (TPSA) is 78.5 Å². The second-order valence-electron chi connectivity index (χ2n) is 3.87. The number of hydrogen-bond acceptors (Lipinski definition) is 4. The van der Waals surface area contributed by atoms with Crippen LogP contribution in [0.25, 0.3) is 6.20 Å². The summed E-state index contributed by atoms with van der Waals surface area (Å²) in [7, 11) is 0. The minimum atomic E-state index is -0.715. The van der Waals surface area contributed by atoms with Gasteiger partial charge < -0.3 is 4.74 Å². The molecule has 0 radical (unpaired) electrons. The van der Waals surface area contributed by atoms with Gasteiger partial charge in [-0.1, -0.05) is 12.7 Å². The molecule has 18 heavy (non-hydrogen) atoms. The van der Waals surface area contributed by atoms with Crippen molar-refractivity contribution in [2.45, 2.75) is 19.2 Å². The highest BCUT2D eigenvalue weighted by atomic mass is 16.6. The average Bonchev–Trinajstić information content (AvgIpc) is 3.15. The van der Waals surface area contributed by atoms with Crippen LogP contribution in [0.4, 0.5) is 0 Å². The van der Waals surface area contributed by atoms with Crippen LogP contribution < -0.4 is 17.1 Å². The molecule has 0 spiro atoms. The average molecular weight is 251 g/mol. The van der Waals surface area contributed by atoms with E-state index in [1.54, 1.807) is 0 Å². The van der Waals surface area contributed by atoms with Gasteiger partial charge in [0.15, 0.2) is 0 Å². The van der Waals surface area contributed by atoms with Crippen LogP contribution in [0.15, 0.2) is 33.6 Å². The summed E-state index contributed by atoms with van der Waals surface area (Å²) in [5.41, 5.74) is -2.07. The molecule has 1 fully saturated rings. The number of rotatable bonds is 5. The molecule has 1 atom stereocenters. The van der Waals surface area contributed by atoms with E-state index in [0.29, 0.717) is 6.61 Å². The molecule has 1 aromatic heterocycles. The molecule has 0 bridgehead atoms. The first-order valence-electron chi connectivity index (χ1n) is 5.41. The normalized spacial score (nSPS) is 17.4. The lowest BCUT2D eigenvalue weighted by atomic mass is 10.5. The highest BCUT2D eigenvalue weighted by molar-refractivity contribution is 5.14. The highest BCUT2D eigenvalue weighted by Gasteiger charge is 2.26. The number of allylic oxidation sites excluding steroid dienone is 1. The maximum absolute atomic E-state index is 12.0. The first-order valence-corrected chi connectivity index (χ1v) is 5.41. The van der Waals surface area contributed by atoms with Gasteiger partial charge in [-0.3, -0.25) is 0 Å². The van der Waals surface area contributed by atoms with Gasteiger partial charge in [-0.15, -0.1) is 6.58 Å². The minimum absolute atomic E-state index is 0.0390. The summed E-state index contributed by atoms with van der Waals surface area (Å²) >= 11 is 0. The molecule has 7 nitrogen and oxygen atoms in total. The Balaban J connectivity index is 2.71. The third-order valence-corrected chi connectivity index (χ3v) is 2.62. The molecule has 1 unspecified atom stereocenters. The number of aromatic nitrogens is 3. The summed E-state index contributed by atoms with van der Waals surface area (Å²) in [4.78, 5) is 35.8. The van der Waals surface area contributed by atoms with Crippen molar-refractivity contribution >= 4 is 6.20 Å². The van der Waals surface area contributed by atoms with E-state index in [0.717, 1.165) is 19.9 Å². The molecule has 0 amide bonds. The molecule has 1 aliphatic rings. The fourth-order valence-corrected chi connectivity index (χ4v) is 1.63. The van der Waals surface area contributed by atoms with Crippen LogP contribution in [-0.4, -0.2) is 26.4 Å². The smallest absolute Gasteiger partial charge is 0.340 e. The second-order valence-corrected chi connectivity index (χ2v) is 3.87. The van der Waals surface area contributed by atoms with Crippen LogP contribution in [0.5, 0.6) is 0 Å². The van der Waals surface area contributed by atoms with Crippen molar-refractivity contribution in [3.05, 3.63) is 50.7 Å². The van der Waals surface area contributed by atoms with Crippen LogP contribution in [0, 0.1) is 0 Å². The monoisotopic (exact) mass is 251 g/mol. The molecule has 1 aromatic rings. The molecule has 0 aromatic carbocycles. The van der Waals surface area contributed by atoms with Crippen LogP contribution in [-0.2, 0) is 17.8 Å². The third kappa shape index (κ3) is 2.00. The number of ether oxygens (including phenoxy) is 1. The van der Waals surface area contributed by atoms with Crippen LogP contribution in [0.1, 0.15) is 0 Å². The zero-order valence-corrected chi connectivity index (χ0v) is 9.74. The summed E-state index contributed by atoms with van der Waals surface area (Å²) < 4.78 is 7.69. The zero-order valence-electron chi connectivity index (χ0n) is 9.74. The maximum atomic E-state index is 12.0. The Hall–Kier alpha value is -2.15. The van der Waals surface area contributed by atoms with Crippen molar-refractivity contribution in [1.82, 2.24) is 13.7 Å². The number of epoxide rings is 1. The van der Waals surface area contributed by atoms with E-state index >= 15 is 0 Å². The fourth-order valence-electron chi connectivity index (χ4n) is 1.63. The van der Waals surface area contributed by atoms with Crippen molar-refractivity contribution in [1.29, 1.82) is 0 Å². The summed E-state index contributed by atoms with van der Waals surface area (Å²) in [5.74, 6) is 0. The van der Waals surface area contributed by atoms with Gasteiger partial charge in [-0.2, -0.15) is 0 Å². The van der Waals surface area contributed by atoms with Gasteiger partial charge >= 0.3 is 17.1 Å². The third-order valence-electron chi connectivity index (χ3n) is 2.62. The lowest BCUT2D eigenvalue weighted by Gasteiger charge is -2.09. The molecule has 0 N–H and O–H groups in total. The van der Waals surface area contributed by atoms with Crippen molar-refractivity contribution in [2.24, 2.45) is 0 Å². The van der Waals surface area contributed by atoms with Crippen LogP contribution in [0.2, 0.25) is 0 Å². The summed E-state index contributed by atoms with van der Waals surface area (Å²) in [6.45, 7) is 7.57. The van der Waals surface area contributed by atoms with E-state index in [2.05, 4.69) is 13.2 Å².